The molecule has 0 bridgehead atoms. The summed E-state index contributed by atoms with van der Waals surface area (Å²) in [5, 5.41) is 31.2. The Morgan fingerprint density at radius 1 is 0.692 bits per heavy atom. The Labute approximate surface area is 532 Å². The SMILES string of the molecule is NC(=O)CC[C@@H]1NC(=O)[C@H](Cc2ccccc2)NC(=O)C(Cc2ccc(O)cc2)NC(=O)[C@H](N)CS[As](c2ccc(Nc3nc(N)nc(N)n3)cc2)SC[C@H](C(=O)N2CCC[C@H]2C(=O)N[C@@H](CCCN=C(N)N)C(=O)NCC(N)=O)NC(=O)[C@H](CC(N)=O)NC1=O. The van der Waals surface area contributed by atoms with E-state index in [0.29, 0.717) is 21.2 Å². The number of carbonyl (C=O) groups is 11. The zero-order chi connectivity index (χ0) is 66.3. The second-order valence-corrected chi connectivity index (χ2v) is 32.5. The molecular formula is C55H74AsN21O12S2. The van der Waals surface area contributed by atoms with Crippen molar-refractivity contribution in [1.29, 1.82) is 0 Å². The van der Waals surface area contributed by atoms with Gasteiger partial charge in [-0.3, -0.25) is 14.6 Å². The average Bonchev–Trinajstić information content (AvgIpc) is 2.25. The van der Waals surface area contributed by atoms with Crippen molar-refractivity contribution in [3.8, 4) is 5.75 Å². The number of nitrogens with two attached hydrogens (primary N) is 8. The Bertz CT molecular complexity index is 3280. The zero-order valence-electron chi connectivity index (χ0n) is 49.1. The fraction of sp³-hybridized carbons (Fsp3) is 0.400. The number of likely N-dealkylation sites (tertiary alicyclic amines) is 1. The Balaban J connectivity index is 1.43. The molecule has 25 N–H and O–H groups in total. The van der Waals surface area contributed by atoms with E-state index in [1.807, 2.05) is 0 Å². The number of aromatic nitrogens is 3. The molecule has 0 aliphatic carbocycles. The Hall–Kier alpha value is -9.47. The van der Waals surface area contributed by atoms with Crippen LogP contribution in [0.25, 0.3) is 0 Å². The molecule has 2 aliphatic rings. The number of guanidine groups is 1. The number of amides is 11. The van der Waals surface area contributed by atoms with Crippen LogP contribution in [0.4, 0.5) is 23.5 Å². The number of hydrogen-bond donors (Lipinski definition) is 17. The number of nitrogens with zero attached hydrogens (tertiary/aromatic N) is 5. The van der Waals surface area contributed by atoms with Gasteiger partial charge >= 0.3 is 468 Å². The first-order valence-electron chi connectivity index (χ1n) is 28.4. The third-order valence-electron chi connectivity index (χ3n) is 13.8. The number of nitrogen functional groups attached to an aromatic ring is 2. The van der Waals surface area contributed by atoms with E-state index in [1.54, 1.807) is 54.6 Å². The molecular weight excluding hydrogens is 1290 g/mol. The number of hydrogen-bond acceptors (Lipinski definition) is 22. The van der Waals surface area contributed by atoms with Crippen molar-refractivity contribution in [3.05, 3.63) is 90.0 Å². The van der Waals surface area contributed by atoms with Crippen molar-refractivity contribution < 1.29 is 57.8 Å². The molecule has 4 aromatic rings. The molecule has 1 aromatic heterocycles. The predicted octanol–water partition coefficient (Wildman–Crippen LogP) is -5.83. The Morgan fingerprint density at radius 2 is 1.27 bits per heavy atom. The van der Waals surface area contributed by atoms with E-state index in [1.165, 1.54) is 49.2 Å². The molecule has 11 amide bonds. The van der Waals surface area contributed by atoms with Crippen molar-refractivity contribution in [2.75, 3.05) is 47.9 Å². The summed E-state index contributed by atoms with van der Waals surface area (Å²) >= 11 is -2.83. The average molecular weight is 1360 g/mol. The van der Waals surface area contributed by atoms with Gasteiger partial charge < -0.3 is 22.9 Å². The summed E-state index contributed by atoms with van der Waals surface area (Å²) in [6.07, 6.45) is -1.70. The Morgan fingerprint density at radius 3 is 1.89 bits per heavy atom. The molecule has 33 nitrogen and oxygen atoms in total. The number of aromatic hydroxyl groups is 1. The summed E-state index contributed by atoms with van der Waals surface area (Å²) in [6, 6.07) is 9.18. The first kappa shape index (κ1) is 70.6. The van der Waals surface area contributed by atoms with Gasteiger partial charge in [0, 0.05) is 0 Å². The molecule has 6 rings (SSSR count). The van der Waals surface area contributed by atoms with Crippen LogP contribution in [-0.4, -0.2) is 188 Å². The van der Waals surface area contributed by atoms with E-state index < -0.39 is 151 Å². The van der Waals surface area contributed by atoms with Crippen molar-refractivity contribution in [1.82, 2.24) is 57.1 Å². The van der Waals surface area contributed by atoms with Gasteiger partial charge in [0.15, 0.2) is 5.96 Å². The summed E-state index contributed by atoms with van der Waals surface area (Å²) < 4.78 is 0.692. The minimum absolute atomic E-state index is 0.0279. The van der Waals surface area contributed by atoms with Crippen LogP contribution in [0, 0.1) is 0 Å². The van der Waals surface area contributed by atoms with E-state index in [0.717, 1.165) is 0 Å². The van der Waals surface area contributed by atoms with Crippen molar-refractivity contribution in [2.45, 2.75) is 106 Å². The van der Waals surface area contributed by atoms with E-state index in [2.05, 4.69) is 62.5 Å². The van der Waals surface area contributed by atoms with Crippen molar-refractivity contribution >= 4 is 131 Å². The standard InChI is InChI=1S/C55H74AsN21O12S2/c57-33-26-90-56(30-12-14-31(15-13-30)67-55-75-53(63)74-54(64)76-55)91-27-39(51(89)77-21-5-9-40(77)50(88)69-34(8-4-20-65-52(61)62)45(83)66-25-43(60)81)73-49(87)38(24-42(59)80)72-46(84)35(18-19-41(58)79)68-47(85)37(22-28-6-2-1-3-7-28)71-48(86)36(70-44(33)82)23-29-10-16-32(78)17-11-29/h1-3,6-7,10-17,33-40,78H,4-5,8-9,18-27,57H2,(H2,58,79)(H2,59,80)(H2,60,81)(H,66,83)(H,68,85)(H,69,88)(H,70,82)(H,71,86)(H,72,84)(H,73,87)(H4,61,62,65)(H5,63,64,67,74,75,76)/t33-,34+,35+,36?,37+,38+,39-,40+,56?/m1/s1. The summed E-state index contributed by atoms with van der Waals surface area (Å²) in [6.45, 7) is -0.532. The van der Waals surface area contributed by atoms with E-state index >= 15 is 4.79 Å². The first-order chi connectivity index (χ1) is 43.3. The number of rotatable bonds is 22. The Kier molecular flexibility index (Phi) is 26.8. The van der Waals surface area contributed by atoms with Crippen molar-refractivity contribution in [2.24, 2.45) is 39.4 Å². The molecule has 9 atom stereocenters. The predicted molar refractivity (Wildman–Crippen MR) is 339 cm³/mol. The molecule has 3 aromatic carbocycles. The van der Waals surface area contributed by atoms with Crippen LogP contribution in [0.15, 0.2) is 83.9 Å². The number of carbonyl (C=O) groups excluding carboxylic acids is 11. The van der Waals surface area contributed by atoms with Gasteiger partial charge in [-0.25, -0.2) is 0 Å². The van der Waals surface area contributed by atoms with Gasteiger partial charge in [-0.15, -0.1) is 0 Å². The van der Waals surface area contributed by atoms with Gasteiger partial charge in [0.2, 0.25) is 5.91 Å². The molecule has 488 valence electrons. The molecule has 36 heteroatoms. The van der Waals surface area contributed by atoms with E-state index in [-0.39, 0.29) is 92.7 Å². The quantitative estimate of drug-likeness (QED) is 0.0151. The maximum absolute atomic E-state index is 15.3. The topological polar surface area (TPSA) is 567 Å². The maximum atomic E-state index is 15.3. The summed E-state index contributed by atoms with van der Waals surface area (Å²) in [5.41, 5.74) is 47.2. The fourth-order valence-corrected chi connectivity index (χ4v) is 21.8. The number of phenolic OH excluding ortho intramolecular Hbond substituents is 1. The van der Waals surface area contributed by atoms with Gasteiger partial charge in [0.1, 0.15) is 0 Å². The third-order valence-corrected chi connectivity index (χ3v) is 27.1. The molecule has 91 heavy (non-hydrogen) atoms. The second-order valence-electron chi connectivity index (χ2n) is 20.9. The zero-order valence-corrected chi connectivity index (χ0v) is 52.6. The van der Waals surface area contributed by atoms with Crippen LogP contribution in [0.5, 0.6) is 5.75 Å². The number of anilines is 4. The van der Waals surface area contributed by atoms with Gasteiger partial charge in [-0.1, -0.05) is 18.2 Å². The summed E-state index contributed by atoms with van der Waals surface area (Å²) in [4.78, 5) is 170. The number of benzene rings is 3. The van der Waals surface area contributed by atoms with Gasteiger partial charge in [-0.2, -0.15) is 0 Å². The molecule has 2 unspecified atom stereocenters. The van der Waals surface area contributed by atoms with E-state index in [4.69, 9.17) is 45.9 Å². The normalized spacial score (nSPS) is 21.5. The number of primary amides is 3. The van der Waals surface area contributed by atoms with Gasteiger partial charge in [0.25, 0.3) is 0 Å². The third kappa shape index (κ3) is 22.8. The second kappa shape index (κ2) is 34.5. The van der Waals surface area contributed by atoms with Crippen LogP contribution in [0.3, 0.4) is 0 Å². The molecule has 2 aliphatic heterocycles. The van der Waals surface area contributed by atoms with Crippen LogP contribution in [-0.2, 0) is 65.6 Å². The fourth-order valence-electron chi connectivity index (χ4n) is 9.30. The van der Waals surface area contributed by atoms with Crippen molar-refractivity contribution in [3.63, 3.8) is 0 Å². The van der Waals surface area contributed by atoms with Crippen LogP contribution in [0.1, 0.15) is 56.1 Å². The van der Waals surface area contributed by atoms with Gasteiger partial charge in [-0.05, 0) is 0 Å². The van der Waals surface area contributed by atoms with Crippen LogP contribution < -0.4 is 92.8 Å². The molecule has 0 saturated carbocycles. The number of nitrogens with one attached hydrogen (secondary N) is 8. The monoisotopic (exact) mass is 1360 g/mol. The molecule has 2 saturated heterocycles. The van der Waals surface area contributed by atoms with Gasteiger partial charge in [0.05, 0.1) is 0 Å². The molecule has 0 spiro atoms. The number of aliphatic imine (C=N–C) groups is 1. The summed E-state index contributed by atoms with van der Waals surface area (Å²) in [5.74, 6) is -11.0. The number of phenols is 1. The van der Waals surface area contributed by atoms with Crippen LogP contribution >= 0.6 is 20.0 Å². The molecule has 3 heterocycles. The minimum atomic E-state index is -2.83. The van der Waals surface area contributed by atoms with E-state index in [9.17, 15) is 53.1 Å². The first-order valence-corrected chi connectivity index (χ1v) is 35.8. The molecule has 2 fully saturated rings. The summed E-state index contributed by atoms with van der Waals surface area (Å²) in [7, 11) is 2.48. The molecule has 0 radical (unpaired) electrons. The van der Waals surface area contributed by atoms with Crippen LogP contribution in [0.2, 0.25) is 0 Å².